The third-order valence-electron chi connectivity index (χ3n) is 4.85. The number of piperazine rings is 1. The average Bonchev–Trinajstić information content (AvgIpc) is 2.74. The van der Waals surface area contributed by atoms with Crippen molar-refractivity contribution in [3.63, 3.8) is 0 Å². The highest BCUT2D eigenvalue weighted by Crippen LogP contribution is 2.12. The Kier molecular flexibility index (Phi) is 7.26. The number of nitrogens with zero attached hydrogens (tertiary/aromatic N) is 2. The quantitative estimate of drug-likeness (QED) is 0.709. The topological polar surface area (TPSA) is 93.8 Å². The highest BCUT2D eigenvalue weighted by atomic mass is 16.2. The van der Waals surface area contributed by atoms with Gasteiger partial charge in [-0.2, -0.15) is 0 Å². The molecule has 1 aliphatic heterocycles. The Bertz CT molecular complexity index is 879. The van der Waals surface area contributed by atoms with Gasteiger partial charge >= 0.3 is 12.1 Å². The van der Waals surface area contributed by atoms with Crippen molar-refractivity contribution >= 4 is 29.3 Å². The number of para-hydroxylation sites is 1. The number of hydrogen-bond acceptors (Lipinski definition) is 3. The largest absolute Gasteiger partial charge is 0.339 e. The minimum atomic E-state index is -0.341. The summed E-state index contributed by atoms with van der Waals surface area (Å²) >= 11 is 0. The second-order valence-corrected chi connectivity index (χ2v) is 7.16. The van der Waals surface area contributed by atoms with Gasteiger partial charge in [-0.25, -0.2) is 9.59 Å². The van der Waals surface area contributed by atoms with Gasteiger partial charge in [0.1, 0.15) is 0 Å². The van der Waals surface area contributed by atoms with Gasteiger partial charge in [0, 0.05) is 50.5 Å². The van der Waals surface area contributed by atoms with Crippen LogP contribution in [0.1, 0.15) is 12.0 Å². The van der Waals surface area contributed by atoms with Gasteiger partial charge < -0.3 is 25.8 Å². The van der Waals surface area contributed by atoms with E-state index in [1.165, 1.54) is 0 Å². The van der Waals surface area contributed by atoms with Crippen LogP contribution in [0.3, 0.4) is 0 Å². The van der Waals surface area contributed by atoms with E-state index >= 15 is 0 Å². The molecule has 8 nitrogen and oxygen atoms in total. The number of urea groups is 2. The van der Waals surface area contributed by atoms with E-state index in [1.807, 2.05) is 49.4 Å². The zero-order valence-corrected chi connectivity index (χ0v) is 17.1. The van der Waals surface area contributed by atoms with Crippen LogP contribution >= 0.6 is 0 Å². The Morgan fingerprint density at radius 2 is 1.50 bits per heavy atom. The first-order valence-electron chi connectivity index (χ1n) is 10.0. The average molecular weight is 409 g/mol. The predicted molar refractivity (Wildman–Crippen MR) is 116 cm³/mol. The molecular weight excluding hydrogens is 382 g/mol. The molecule has 158 valence electrons. The number of aryl methyl sites for hydroxylation is 1. The maximum absolute atomic E-state index is 12.4. The molecule has 0 spiro atoms. The highest BCUT2D eigenvalue weighted by Gasteiger charge is 2.24. The van der Waals surface area contributed by atoms with E-state index in [-0.39, 0.29) is 30.9 Å². The van der Waals surface area contributed by atoms with Crippen LogP contribution in [0, 0.1) is 6.92 Å². The SMILES string of the molecule is Cc1cccc(NC(=O)N2CCN(C(=O)CCNC(=O)Nc3ccccc3)CC2)c1. The highest BCUT2D eigenvalue weighted by molar-refractivity contribution is 5.90. The minimum absolute atomic E-state index is 0.0336. The molecule has 0 radical (unpaired) electrons. The van der Waals surface area contributed by atoms with Gasteiger partial charge in [0.25, 0.3) is 0 Å². The first kappa shape index (κ1) is 21.2. The van der Waals surface area contributed by atoms with Crippen molar-refractivity contribution in [2.45, 2.75) is 13.3 Å². The van der Waals surface area contributed by atoms with Crippen LogP contribution in [0.15, 0.2) is 54.6 Å². The molecule has 5 amide bonds. The van der Waals surface area contributed by atoms with E-state index in [4.69, 9.17) is 0 Å². The fourth-order valence-corrected chi connectivity index (χ4v) is 3.22. The smallest absolute Gasteiger partial charge is 0.321 e. The van der Waals surface area contributed by atoms with Crippen molar-refractivity contribution in [2.24, 2.45) is 0 Å². The molecular formula is C22H27N5O3. The number of carbonyl (C=O) groups is 3. The summed E-state index contributed by atoms with van der Waals surface area (Å²) in [4.78, 5) is 40.1. The van der Waals surface area contributed by atoms with Crippen molar-refractivity contribution in [2.75, 3.05) is 43.4 Å². The summed E-state index contributed by atoms with van der Waals surface area (Å²) in [6.45, 7) is 4.15. The lowest BCUT2D eigenvalue weighted by Gasteiger charge is -2.34. The summed E-state index contributed by atoms with van der Waals surface area (Å²) in [6.07, 6.45) is 0.220. The van der Waals surface area contributed by atoms with Crippen LogP contribution < -0.4 is 16.0 Å². The molecule has 0 unspecified atom stereocenters. The van der Waals surface area contributed by atoms with Gasteiger partial charge in [-0.3, -0.25) is 4.79 Å². The fourth-order valence-electron chi connectivity index (χ4n) is 3.22. The van der Waals surface area contributed by atoms with E-state index in [0.29, 0.717) is 31.9 Å². The molecule has 1 saturated heterocycles. The van der Waals surface area contributed by atoms with Crippen molar-refractivity contribution in [1.29, 1.82) is 0 Å². The zero-order valence-electron chi connectivity index (χ0n) is 17.1. The lowest BCUT2D eigenvalue weighted by atomic mass is 10.2. The van der Waals surface area contributed by atoms with Crippen LogP contribution in [0.25, 0.3) is 0 Å². The van der Waals surface area contributed by atoms with Crippen molar-refractivity contribution in [1.82, 2.24) is 15.1 Å². The van der Waals surface area contributed by atoms with Gasteiger partial charge in [-0.15, -0.1) is 0 Å². The molecule has 0 saturated carbocycles. The van der Waals surface area contributed by atoms with Gasteiger partial charge in [0.05, 0.1) is 0 Å². The number of carbonyl (C=O) groups excluding carboxylic acids is 3. The molecule has 0 aromatic heterocycles. The molecule has 3 rings (SSSR count). The second-order valence-electron chi connectivity index (χ2n) is 7.16. The molecule has 0 atom stereocenters. The van der Waals surface area contributed by atoms with Crippen LogP contribution in [0.5, 0.6) is 0 Å². The van der Waals surface area contributed by atoms with Gasteiger partial charge in [-0.1, -0.05) is 30.3 Å². The van der Waals surface area contributed by atoms with Crippen LogP contribution in [-0.4, -0.2) is 60.5 Å². The molecule has 1 fully saturated rings. The Morgan fingerprint density at radius 3 is 2.20 bits per heavy atom. The molecule has 2 aromatic rings. The summed E-state index contributed by atoms with van der Waals surface area (Å²) < 4.78 is 0. The van der Waals surface area contributed by atoms with E-state index in [0.717, 1.165) is 11.3 Å². The third kappa shape index (κ3) is 6.23. The van der Waals surface area contributed by atoms with Crippen LogP contribution in [0.2, 0.25) is 0 Å². The molecule has 1 aliphatic rings. The summed E-state index contributed by atoms with van der Waals surface area (Å²) in [5, 5.41) is 8.29. The van der Waals surface area contributed by atoms with Gasteiger partial charge in [-0.05, 0) is 36.8 Å². The third-order valence-corrected chi connectivity index (χ3v) is 4.85. The first-order chi connectivity index (χ1) is 14.5. The van der Waals surface area contributed by atoms with Crippen molar-refractivity contribution < 1.29 is 14.4 Å². The van der Waals surface area contributed by atoms with Crippen molar-refractivity contribution in [3.8, 4) is 0 Å². The number of anilines is 2. The minimum Gasteiger partial charge on any atom is -0.339 e. The second kappa shape index (κ2) is 10.3. The van der Waals surface area contributed by atoms with E-state index < -0.39 is 0 Å². The summed E-state index contributed by atoms with van der Waals surface area (Å²) in [5.74, 6) is -0.0336. The zero-order chi connectivity index (χ0) is 21.3. The van der Waals surface area contributed by atoms with E-state index in [1.54, 1.807) is 21.9 Å². The van der Waals surface area contributed by atoms with E-state index in [2.05, 4.69) is 16.0 Å². The van der Waals surface area contributed by atoms with E-state index in [9.17, 15) is 14.4 Å². The maximum Gasteiger partial charge on any atom is 0.321 e. The Hall–Kier alpha value is -3.55. The molecule has 0 aliphatic carbocycles. The number of nitrogens with one attached hydrogen (secondary N) is 3. The lowest BCUT2D eigenvalue weighted by molar-refractivity contribution is -0.132. The standard InChI is InChI=1S/C22H27N5O3/c1-17-6-5-9-19(16-17)25-22(30)27-14-12-26(13-15-27)20(28)10-11-23-21(29)24-18-7-3-2-4-8-18/h2-9,16H,10-15H2,1H3,(H,25,30)(H2,23,24,29). The van der Waals surface area contributed by atoms with Crippen LogP contribution in [0.4, 0.5) is 21.0 Å². The molecule has 8 heteroatoms. The maximum atomic E-state index is 12.4. The normalized spacial score (nSPS) is 13.5. The fraction of sp³-hybridized carbons (Fsp3) is 0.318. The number of hydrogen-bond donors (Lipinski definition) is 3. The number of benzene rings is 2. The summed E-state index contributed by atoms with van der Waals surface area (Å²) in [7, 11) is 0. The molecule has 30 heavy (non-hydrogen) atoms. The first-order valence-corrected chi connectivity index (χ1v) is 10.0. The Morgan fingerprint density at radius 1 is 0.833 bits per heavy atom. The molecule has 0 bridgehead atoms. The predicted octanol–water partition coefficient (Wildman–Crippen LogP) is 2.88. The Balaban J connectivity index is 1.35. The number of amides is 5. The number of rotatable bonds is 5. The molecule has 2 aromatic carbocycles. The monoisotopic (exact) mass is 409 g/mol. The molecule has 1 heterocycles. The van der Waals surface area contributed by atoms with Crippen LogP contribution in [-0.2, 0) is 4.79 Å². The lowest BCUT2D eigenvalue weighted by Crippen LogP contribution is -2.52. The van der Waals surface area contributed by atoms with Gasteiger partial charge in [0.15, 0.2) is 0 Å². The summed E-state index contributed by atoms with van der Waals surface area (Å²) in [6, 6.07) is 16.3. The Labute approximate surface area is 176 Å². The molecule has 3 N–H and O–H groups in total. The van der Waals surface area contributed by atoms with Crippen molar-refractivity contribution in [3.05, 3.63) is 60.2 Å². The van der Waals surface area contributed by atoms with Gasteiger partial charge in [0.2, 0.25) is 5.91 Å². The summed E-state index contributed by atoms with van der Waals surface area (Å²) in [5.41, 5.74) is 2.54.